The number of sulfone groups is 1. The lowest BCUT2D eigenvalue weighted by Gasteiger charge is -2.05. The molecule has 92 valence electrons. The maximum atomic E-state index is 11.3. The average molecular weight is 253 g/mol. The Kier molecular flexibility index (Phi) is 9.65. The number of rotatable bonds is 10. The molecule has 0 fully saturated rings. The molecule has 0 heterocycles. The van der Waals surface area contributed by atoms with E-state index in [0.29, 0.717) is 12.3 Å². The first-order valence-electron chi connectivity index (χ1n) is 5.52. The first-order chi connectivity index (χ1) is 7.12. The second kappa shape index (κ2) is 9.48. The van der Waals surface area contributed by atoms with Gasteiger partial charge in [-0.1, -0.05) is 6.92 Å². The normalized spacial score (nSPS) is 11.9. The molecule has 0 aliphatic rings. The fourth-order valence-electron chi connectivity index (χ4n) is 1.26. The second-order valence-corrected chi connectivity index (χ2v) is 6.89. The third-order valence-electron chi connectivity index (χ3n) is 2.06. The molecular weight excluding hydrogens is 230 g/mol. The van der Waals surface area contributed by atoms with Gasteiger partial charge in [0.1, 0.15) is 0 Å². The standard InChI is InChI=1S/C10H23NO2S2/c1-3-9-15(12,13)10-7-11-6-4-5-8-14-2/h11H,3-10H2,1-2H3. The van der Waals surface area contributed by atoms with E-state index in [1.165, 1.54) is 12.2 Å². The van der Waals surface area contributed by atoms with Crippen LogP contribution in [-0.2, 0) is 9.84 Å². The zero-order chi connectivity index (χ0) is 11.6. The van der Waals surface area contributed by atoms with Gasteiger partial charge in [0.2, 0.25) is 0 Å². The van der Waals surface area contributed by atoms with E-state index in [-0.39, 0.29) is 5.75 Å². The van der Waals surface area contributed by atoms with Gasteiger partial charge < -0.3 is 5.32 Å². The highest BCUT2D eigenvalue weighted by atomic mass is 32.2. The Balaban J connectivity index is 3.31. The highest BCUT2D eigenvalue weighted by Crippen LogP contribution is 1.98. The van der Waals surface area contributed by atoms with Crippen molar-refractivity contribution in [2.75, 3.05) is 36.6 Å². The number of hydrogen-bond donors (Lipinski definition) is 1. The molecule has 0 bridgehead atoms. The molecule has 0 aliphatic heterocycles. The van der Waals surface area contributed by atoms with E-state index in [0.717, 1.165) is 19.4 Å². The predicted molar refractivity (Wildman–Crippen MR) is 69.4 cm³/mol. The van der Waals surface area contributed by atoms with E-state index < -0.39 is 9.84 Å². The third kappa shape index (κ3) is 10.5. The molecule has 3 nitrogen and oxygen atoms in total. The largest absolute Gasteiger partial charge is 0.316 e. The fourth-order valence-corrected chi connectivity index (χ4v) is 3.04. The van der Waals surface area contributed by atoms with Gasteiger partial charge in [0, 0.05) is 12.3 Å². The molecule has 0 aromatic heterocycles. The Labute approximate surface area is 98.3 Å². The van der Waals surface area contributed by atoms with Crippen LogP contribution in [0, 0.1) is 0 Å². The lowest BCUT2D eigenvalue weighted by atomic mass is 10.3. The van der Waals surface area contributed by atoms with E-state index in [1.807, 2.05) is 18.7 Å². The molecule has 0 aromatic rings. The number of thioether (sulfide) groups is 1. The Hall–Kier alpha value is 0.260. The minimum absolute atomic E-state index is 0.281. The second-order valence-electron chi connectivity index (χ2n) is 3.60. The smallest absolute Gasteiger partial charge is 0.151 e. The summed E-state index contributed by atoms with van der Waals surface area (Å²) >= 11 is 1.85. The molecule has 1 N–H and O–H groups in total. The summed E-state index contributed by atoms with van der Waals surface area (Å²) in [5, 5.41) is 3.17. The highest BCUT2D eigenvalue weighted by Gasteiger charge is 2.07. The van der Waals surface area contributed by atoms with Crippen LogP contribution in [0.5, 0.6) is 0 Å². The first-order valence-corrected chi connectivity index (χ1v) is 8.74. The van der Waals surface area contributed by atoms with Gasteiger partial charge in [0.25, 0.3) is 0 Å². The summed E-state index contributed by atoms with van der Waals surface area (Å²) < 4.78 is 22.6. The Bertz CT molecular complexity index is 228. The van der Waals surface area contributed by atoms with Crippen molar-refractivity contribution in [2.24, 2.45) is 0 Å². The molecule has 0 aromatic carbocycles. The SMILES string of the molecule is CCCS(=O)(=O)CCNCCCCSC. The Morgan fingerprint density at radius 2 is 1.87 bits per heavy atom. The van der Waals surface area contributed by atoms with Gasteiger partial charge in [0.15, 0.2) is 9.84 Å². The van der Waals surface area contributed by atoms with E-state index in [4.69, 9.17) is 0 Å². The van der Waals surface area contributed by atoms with E-state index >= 15 is 0 Å². The van der Waals surface area contributed by atoms with E-state index in [9.17, 15) is 8.42 Å². The lowest BCUT2D eigenvalue weighted by molar-refractivity contribution is 0.587. The summed E-state index contributed by atoms with van der Waals surface area (Å²) in [6, 6.07) is 0. The monoisotopic (exact) mass is 253 g/mol. The molecule has 0 aliphatic carbocycles. The zero-order valence-corrected chi connectivity index (χ0v) is 11.4. The molecule has 0 saturated carbocycles. The quantitative estimate of drug-likeness (QED) is 0.600. The van der Waals surface area contributed by atoms with Crippen LogP contribution in [0.3, 0.4) is 0 Å². The van der Waals surface area contributed by atoms with Crippen LogP contribution in [0.4, 0.5) is 0 Å². The molecule has 0 spiro atoms. The molecular formula is C10H23NO2S2. The maximum Gasteiger partial charge on any atom is 0.151 e. The van der Waals surface area contributed by atoms with Gasteiger partial charge >= 0.3 is 0 Å². The van der Waals surface area contributed by atoms with Crippen molar-refractivity contribution in [3.8, 4) is 0 Å². The molecule has 0 unspecified atom stereocenters. The van der Waals surface area contributed by atoms with Crippen molar-refractivity contribution in [3.05, 3.63) is 0 Å². The molecule has 0 saturated heterocycles. The fraction of sp³-hybridized carbons (Fsp3) is 1.00. The summed E-state index contributed by atoms with van der Waals surface area (Å²) in [6.07, 6.45) is 5.16. The van der Waals surface area contributed by atoms with E-state index in [2.05, 4.69) is 11.6 Å². The molecule has 0 atom stereocenters. The van der Waals surface area contributed by atoms with Crippen LogP contribution in [0.25, 0.3) is 0 Å². The predicted octanol–water partition coefficient (Wildman–Crippen LogP) is 1.54. The minimum Gasteiger partial charge on any atom is -0.316 e. The van der Waals surface area contributed by atoms with Crippen LogP contribution in [0.2, 0.25) is 0 Å². The average Bonchev–Trinajstić information content (AvgIpc) is 2.16. The summed E-state index contributed by atoms with van der Waals surface area (Å²) in [5.74, 6) is 1.79. The summed E-state index contributed by atoms with van der Waals surface area (Å²) in [4.78, 5) is 0. The van der Waals surface area contributed by atoms with Gasteiger partial charge in [-0.15, -0.1) is 0 Å². The summed E-state index contributed by atoms with van der Waals surface area (Å²) in [6.45, 7) is 3.43. The van der Waals surface area contributed by atoms with Crippen LogP contribution in [0.15, 0.2) is 0 Å². The van der Waals surface area contributed by atoms with Crippen molar-refractivity contribution < 1.29 is 8.42 Å². The number of hydrogen-bond acceptors (Lipinski definition) is 4. The third-order valence-corrected chi connectivity index (χ3v) is 4.61. The van der Waals surface area contributed by atoms with E-state index in [1.54, 1.807) is 0 Å². The molecule has 15 heavy (non-hydrogen) atoms. The van der Waals surface area contributed by atoms with Crippen LogP contribution in [-0.4, -0.2) is 45.0 Å². The molecule has 5 heteroatoms. The van der Waals surface area contributed by atoms with Gasteiger partial charge in [-0.3, -0.25) is 0 Å². The Morgan fingerprint density at radius 3 is 2.47 bits per heavy atom. The van der Waals surface area contributed by atoms with Crippen LogP contribution >= 0.6 is 11.8 Å². The first kappa shape index (κ1) is 15.3. The van der Waals surface area contributed by atoms with Crippen molar-refractivity contribution in [1.29, 1.82) is 0 Å². The molecule has 0 radical (unpaired) electrons. The van der Waals surface area contributed by atoms with Crippen molar-refractivity contribution in [3.63, 3.8) is 0 Å². The van der Waals surface area contributed by atoms with Crippen molar-refractivity contribution >= 4 is 21.6 Å². The van der Waals surface area contributed by atoms with Crippen LogP contribution in [0.1, 0.15) is 26.2 Å². The maximum absolute atomic E-state index is 11.3. The van der Waals surface area contributed by atoms with Gasteiger partial charge in [0.05, 0.1) is 5.75 Å². The topological polar surface area (TPSA) is 46.2 Å². The number of unbranched alkanes of at least 4 members (excludes halogenated alkanes) is 1. The Morgan fingerprint density at radius 1 is 1.13 bits per heavy atom. The molecule has 0 amide bonds. The summed E-state index contributed by atoms with van der Waals surface area (Å²) in [5.41, 5.74) is 0. The van der Waals surface area contributed by atoms with Gasteiger partial charge in [-0.2, -0.15) is 11.8 Å². The van der Waals surface area contributed by atoms with Crippen molar-refractivity contribution in [2.45, 2.75) is 26.2 Å². The highest BCUT2D eigenvalue weighted by molar-refractivity contribution is 7.98. The lowest BCUT2D eigenvalue weighted by Crippen LogP contribution is -2.25. The van der Waals surface area contributed by atoms with Gasteiger partial charge in [-0.05, 0) is 37.8 Å². The van der Waals surface area contributed by atoms with Gasteiger partial charge in [-0.25, -0.2) is 8.42 Å². The van der Waals surface area contributed by atoms with Crippen LogP contribution < -0.4 is 5.32 Å². The summed E-state index contributed by atoms with van der Waals surface area (Å²) in [7, 11) is -2.80. The zero-order valence-electron chi connectivity index (χ0n) is 9.79. The minimum atomic E-state index is -2.80. The number of nitrogens with one attached hydrogen (secondary N) is 1. The van der Waals surface area contributed by atoms with Crippen molar-refractivity contribution in [1.82, 2.24) is 5.32 Å². The molecule has 0 rings (SSSR count).